The molecule has 0 saturated heterocycles. The summed E-state index contributed by atoms with van der Waals surface area (Å²) in [7, 11) is 1.77. The third-order valence-corrected chi connectivity index (χ3v) is 3.47. The van der Waals surface area contributed by atoms with Crippen molar-refractivity contribution < 1.29 is 4.79 Å². The summed E-state index contributed by atoms with van der Waals surface area (Å²) in [6, 6.07) is 7.32. The molecule has 1 amide bonds. The maximum absolute atomic E-state index is 12.3. The van der Waals surface area contributed by atoms with Gasteiger partial charge in [-0.15, -0.1) is 0 Å². The minimum absolute atomic E-state index is 0.0446. The van der Waals surface area contributed by atoms with Gasteiger partial charge in [0.05, 0.1) is 5.56 Å². The third-order valence-electron chi connectivity index (χ3n) is 3.47. The molecule has 2 heterocycles. The fourth-order valence-corrected chi connectivity index (χ4v) is 2.25. The standard InChI is InChI=1S/C16H19N5O/c1-16(2,3)21-8-7-11(10-21)15(22)17-12-5-6-13-14(9-12)19-20(4)18-13/h5-10H,1-4H3,(H,17,22). The Kier molecular flexibility index (Phi) is 3.24. The Balaban J connectivity index is 1.81. The van der Waals surface area contributed by atoms with Crippen molar-refractivity contribution in [1.29, 1.82) is 0 Å². The Bertz CT molecular complexity index is 838. The Morgan fingerprint density at radius 2 is 1.86 bits per heavy atom. The van der Waals surface area contributed by atoms with Crippen LogP contribution >= 0.6 is 0 Å². The van der Waals surface area contributed by atoms with E-state index >= 15 is 0 Å². The average molecular weight is 297 g/mol. The lowest BCUT2D eigenvalue weighted by atomic mass is 10.1. The van der Waals surface area contributed by atoms with E-state index in [4.69, 9.17) is 0 Å². The fourth-order valence-electron chi connectivity index (χ4n) is 2.25. The van der Waals surface area contributed by atoms with E-state index in [1.807, 2.05) is 41.2 Å². The predicted octanol–water partition coefficient (Wildman–Crippen LogP) is 2.78. The van der Waals surface area contributed by atoms with Crippen molar-refractivity contribution in [3.63, 3.8) is 0 Å². The first-order valence-corrected chi connectivity index (χ1v) is 7.14. The van der Waals surface area contributed by atoms with Crippen molar-refractivity contribution in [1.82, 2.24) is 19.6 Å². The van der Waals surface area contributed by atoms with Gasteiger partial charge in [0.25, 0.3) is 5.91 Å². The molecule has 22 heavy (non-hydrogen) atoms. The van der Waals surface area contributed by atoms with Gasteiger partial charge in [0.1, 0.15) is 11.0 Å². The van der Waals surface area contributed by atoms with Crippen molar-refractivity contribution in [2.24, 2.45) is 7.05 Å². The molecule has 0 radical (unpaired) electrons. The van der Waals surface area contributed by atoms with E-state index in [1.54, 1.807) is 7.05 Å². The van der Waals surface area contributed by atoms with Crippen molar-refractivity contribution in [2.45, 2.75) is 26.3 Å². The first-order valence-electron chi connectivity index (χ1n) is 7.14. The summed E-state index contributed by atoms with van der Waals surface area (Å²) in [5.74, 6) is -0.133. The van der Waals surface area contributed by atoms with E-state index in [1.165, 1.54) is 4.80 Å². The molecule has 0 aliphatic carbocycles. The molecule has 6 heteroatoms. The highest BCUT2D eigenvalue weighted by molar-refractivity contribution is 6.04. The van der Waals surface area contributed by atoms with Gasteiger partial charge >= 0.3 is 0 Å². The minimum Gasteiger partial charge on any atom is -0.348 e. The van der Waals surface area contributed by atoms with Crippen molar-refractivity contribution in [3.05, 3.63) is 42.2 Å². The van der Waals surface area contributed by atoms with Crippen LogP contribution in [0, 0.1) is 0 Å². The van der Waals surface area contributed by atoms with E-state index < -0.39 is 0 Å². The van der Waals surface area contributed by atoms with E-state index in [9.17, 15) is 4.79 Å². The highest BCUT2D eigenvalue weighted by atomic mass is 16.1. The molecule has 2 aromatic heterocycles. The van der Waals surface area contributed by atoms with Crippen LogP contribution in [0.3, 0.4) is 0 Å². The van der Waals surface area contributed by atoms with Gasteiger partial charge in [-0.25, -0.2) is 0 Å². The predicted molar refractivity (Wildman–Crippen MR) is 85.9 cm³/mol. The molecular formula is C16H19N5O. The monoisotopic (exact) mass is 297 g/mol. The van der Waals surface area contributed by atoms with E-state index in [0.717, 1.165) is 11.0 Å². The molecule has 1 aromatic carbocycles. The molecule has 0 fully saturated rings. The summed E-state index contributed by atoms with van der Waals surface area (Å²) in [6.45, 7) is 6.28. The molecule has 3 rings (SSSR count). The molecular weight excluding hydrogens is 278 g/mol. The smallest absolute Gasteiger partial charge is 0.257 e. The summed E-state index contributed by atoms with van der Waals surface area (Å²) in [5.41, 5.74) is 2.86. The Hall–Kier alpha value is -2.63. The maximum atomic E-state index is 12.3. The summed E-state index contributed by atoms with van der Waals surface area (Å²) in [5, 5.41) is 11.3. The van der Waals surface area contributed by atoms with Gasteiger partial charge in [0, 0.05) is 30.7 Å². The van der Waals surface area contributed by atoms with Crippen molar-refractivity contribution in [3.8, 4) is 0 Å². The quantitative estimate of drug-likeness (QED) is 0.791. The zero-order chi connectivity index (χ0) is 15.9. The van der Waals surface area contributed by atoms with Crippen LogP contribution in [0.2, 0.25) is 0 Å². The lowest BCUT2D eigenvalue weighted by Crippen LogP contribution is -2.20. The number of hydrogen-bond acceptors (Lipinski definition) is 3. The number of hydrogen-bond donors (Lipinski definition) is 1. The van der Waals surface area contributed by atoms with Gasteiger partial charge in [0.2, 0.25) is 0 Å². The molecule has 3 aromatic rings. The van der Waals surface area contributed by atoms with Crippen LogP contribution in [0.4, 0.5) is 5.69 Å². The zero-order valence-electron chi connectivity index (χ0n) is 13.2. The lowest BCUT2D eigenvalue weighted by molar-refractivity contribution is 0.102. The van der Waals surface area contributed by atoms with Crippen LogP contribution in [0.5, 0.6) is 0 Å². The Labute approximate surface area is 128 Å². The average Bonchev–Trinajstić information content (AvgIpc) is 3.02. The largest absolute Gasteiger partial charge is 0.348 e. The summed E-state index contributed by atoms with van der Waals surface area (Å²) >= 11 is 0. The first-order chi connectivity index (χ1) is 10.3. The first kappa shape index (κ1) is 14.3. The molecule has 6 nitrogen and oxygen atoms in total. The van der Waals surface area contributed by atoms with Gasteiger partial charge in [-0.2, -0.15) is 15.0 Å². The molecule has 114 valence electrons. The molecule has 1 N–H and O–H groups in total. The number of amides is 1. The summed E-state index contributed by atoms with van der Waals surface area (Å²) in [4.78, 5) is 13.8. The molecule has 0 aliphatic rings. The summed E-state index contributed by atoms with van der Waals surface area (Å²) in [6.07, 6.45) is 3.77. The highest BCUT2D eigenvalue weighted by Crippen LogP contribution is 2.18. The van der Waals surface area contributed by atoms with Crippen LogP contribution in [0.25, 0.3) is 11.0 Å². The van der Waals surface area contributed by atoms with E-state index in [2.05, 4.69) is 36.3 Å². The fraction of sp³-hybridized carbons (Fsp3) is 0.312. The second kappa shape index (κ2) is 4.98. The topological polar surface area (TPSA) is 64.7 Å². The third kappa shape index (κ3) is 2.72. The van der Waals surface area contributed by atoms with Crippen LogP contribution in [0.1, 0.15) is 31.1 Å². The van der Waals surface area contributed by atoms with Crippen LogP contribution < -0.4 is 5.32 Å². The van der Waals surface area contributed by atoms with E-state index in [0.29, 0.717) is 11.3 Å². The molecule has 0 bridgehead atoms. The SMILES string of the molecule is Cn1nc2ccc(NC(=O)c3ccn(C(C)(C)C)c3)cc2n1. The van der Waals surface area contributed by atoms with Crippen molar-refractivity contribution >= 4 is 22.6 Å². The molecule has 0 aliphatic heterocycles. The molecule has 0 unspecified atom stereocenters. The zero-order valence-corrected chi connectivity index (χ0v) is 13.2. The van der Waals surface area contributed by atoms with Gasteiger partial charge in [0.15, 0.2) is 0 Å². The van der Waals surface area contributed by atoms with Gasteiger partial charge in [-0.3, -0.25) is 4.79 Å². The summed E-state index contributed by atoms with van der Waals surface area (Å²) < 4.78 is 2.02. The minimum atomic E-state index is -0.133. The maximum Gasteiger partial charge on any atom is 0.257 e. The van der Waals surface area contributed by atoms with Gasteiger partial charge in [-0.05, 0) is 45.0 Å². The number of nitrogens with zero attached hydrogens (tertiary/aromatic N) is 4. The Morgan fingerprint density at radius 1 is 1.14 bits per heavy atom. The van der Waals surface area contributed by atoms with Gasteiger partial charge in [-0.1, -0.05) is 0 Å². The van der Waals surface area contributed by atoms with E-state index in [-0.39, 0.29) is 11.4 Å². The Morgan fingerprint density at radius 3 is 2.55 bits per heavy atom. The second-order valence-electron chi connectivity index (χ2n) is 6.33. The molecule has 0 spiro atoms. The number of carbonyl (C=O) groups is 1. The number of anilines is 1. The number of aryl methyl sites for hydroxylation is 1. The highest BCUT2D eigenvalue weighted by Gasteiger charge is 2.15. The van der Waals surface area contributed by atoms with Crippen LogP contribution in [-0.2, 0) is 12.6 Å². The molecule has 0 saturated carbocycles. The number of nitrogens with one attached hydrogen (secondary N) is 1. The number of carbonyl (C=O) groups excluding carboxylic acids is 1. The normalized spacial score (nSPS) is 11.8. The number of benzene rings is 1. The molecule has 0 atom stereocenters. The lowest BCUT2D eigenvalue weighted by Gasteiger charge is -2.20. The van der Waals surface area contributed by atoms with Crippen molar-refractivity contribution in [2.75, 3.05) is 5.32 Å². The van der Waals surface area contributed by atoms with Gasteiger partial charge < -0.3 is 9.88 Å². The van der Waals surface area contributed by atoms with Crippen LogP contribution in [0.15, 0.2) is 36.7 Å². The van der Waals surface area contributed by atoms with Crippen LogP contribution in [-0.4, -0.2) is 25.5 Å². The second-order valence-corrected chi connectivity index (χ2v) is 6.33. The number of rotatable bonds is 2. The number of fused-ring (bicyclic) bond motifs is 1. The number of aromatic nitrogens is 4.